The van der Waals surface area contributed by atoms with Crippen LogP contribution >= 0.6 is 0 Å². The van der Waals surface area contributed by atoms with Crippen LogP contribution in [0.25, 0.3) is 0 Å². The van der Waals surface area contributed by atoms with Crippen molar-refractivity contribution in [3.05, 3.63) is 29.6 Å². The quantitative estimate of drug-likeness (QED) is 0.873. The summed E-state index contributed by atoms with van der Waals surface area (Å²) in [6.45, 7) is 5.91. The molecule has 0 saturated carbocycles. The third-order valence-electron chi connectivity index (χ3n) is 3.64. The van der Waals surface area contributed by atoms with Crippen molar-refractivity contribution in [3.63, 3.8) is 0 Å². The standard InChI is InChI=1S/C14H20FNO/c1-3-11-6-7-16(9-11)14-5-4-12(15)8-13(14)10(2)17/h4-5,8,10-11,17H,3,6-7,9H2,1-2H3/t10-,11?/m1/s1. The molecule has 1 N–H and O–H groups in total. The second-order valence-electron chi connectivity index (χ2n) is 4.89. The summed E-state index contributed by atoms with van der Waals surface area (Å²) in [4.78, 5) is 2.26. The summed E-state index contributed by atoms with van der Waals surface area (Å²) in [5.74, 6) is 0.442. The molecule has 0 spiro atoms. The van der Waals surface area contributed by atoms with Gasteiger partial charge in [0.15, 0.2) is 0 Å². The number of aliphatic hydroxyl groups is 1. The predicted molar refractivity (Wildman–Crippen MR) is 67.6 cm³/mol. The fraction of sp³-hybridized carbons (Fsp3) is 0.571. The number of benzene rings is 1. The molecule has 0 radical (unpaired) electrons. The van der Waals surface area contributed by atoms with Gasteiger partial charge < -0.3 is 10.0 Å². The fourth-order valence-electron chi connectivity index (χ4n) is 2.53. The van der Waals surface area contributed by atoms with Crippen LogP contribution in [0.3, 0.4) is 0 Å². The van der Waals surface area contributed by atoms with Crippen LogP contribution in [-0.4, -0.2) is 18.2 Å². The van der Waals surface area contributed by atoms with Gasteiger partial charge in [0.2, 0.25) is 0 Å². The predicted octanol–water partition coefficient (Wildman–Crippen LogP) is 3.12. The molecule has 94 valence electrons. The Kier molecular flexibility index (Phi) is 3.67. The van der Waals surface area contributed by atoms with Crippen molar-refractivity contribution in [1.29, 1.82) is 0 Å². The Bertz CT molecular complexity index is 392. The molecule has 1 aliphatic heterocycles. The fourth-order valence-corrected chi connectivity index (χ4v) is 2.53. The molecule has 17 heavy (non-hydrogen) atoms. The smallest absolute Gasteiger partial charge is 0.123 e. The second-order valence-corrected chi connectivity index (χ2v) is 4.89. The first-order valence-electron chi connectivity index (χ1n) is 6.34. The summed E-state index contributed by atoms with van der Waals surface area (Å²) in [5, 5.41) is 9.72. The minimum absolute atomic E-state index is 0.282. The van der Waals surface area contributed by atoms with E-state index in [0.29, 0.717) is 5.56 Å². The summed E-state index contributed by atoms with van der Waals surface area (Å²) in [6, 6.07) is 4.70. The van der Waals surface area contributed by atoms with Gasteiger partial charge >= 0.3 is 0 Å². The van der Waals surface area contributed by atoms with Crippen LogP contribution in [0.15, 0.2) is 18.2 Å². The molecule has 1 saturated heterocycles. The maximum absolute atomic E-state index is 13.2. The maximum atomic E-state index is 13.2. The highest BCUT2D eigenvalue weighted by Crippen LogP contribution is 2.32. The number of anilines is 1. The van der Waals surface area contributed by atoms with E-state index in [-0.39, 0.29) is 5.82 Å². The van der Waals surface area contributed by atoms with Gasteiger partial charge in [0, 0.05) is 24.3 Å². The molecule has 1 aromatic carbocycles. The Labute approximate surface area is 102 Å². The van der Waals surface area contributed by atoms with Gasteiger partial charge in [0.05, 0.1) is 6.10 Å². The van der Waals surface area contributed by atoms with E-state index >= 15 is 0 Å². The molecular weight excluding hydrogens is 217 g/mol. The van der Waals surface area contributed by atoms with Crippen molar-refractivity contribution in [3.8, 4) is 0 Å². The van der Waals surface area contributed by atoms with Crippen molar-refractivity contribution < 1.29 is 9.50 Å². The van der Waals surface area contributed by atoms with Crippen molar-refractivity contribution in [1.82, 2.24) is 0 Å². The van der Waals surface area contributed by atoms with Gasteiger partial charge in [-0.2, -0.15) is 0 Å². The minimum Gasteiger partial charge on any atom is -0.389 e. The van der Waals surface area contributed by atoms with E-state index in [1.165, 1.54) is 25.0 Å². The molecule has 0 bridgehead atoms. The molecule has 1 fully saturated rings. The molecule has 2 nitrogen and oxygen atoms in total. The average molecular weight is 237 g/mol. The maximum Gasteiger partial charge on any atom is 0.123 e. The van der Waals surface area contributed by atoms with Gasteiger partial charge in [-0.05, 0) is 37.5 Å². The zero-order valence-corrected chi connectivity index (χ0v) is 10.5. The lowest BCUT2D eigenvalue weighted by Gasteiger charge is -2.23. The van der Waals surface area contributed by atoms with Crippen LogP contribution in [0.2, 0.25) is 0 Å². The minimum atomic E-state index is -0.624. The van der Waals surface area contributed by atoms with Crippen molar-refractivity contribution in [2.45, 2.75) is 32.8 Å². The molecule has 0 amide bonds. The molecule has 1 heterocycles. The van der Waals surface area contributed by atoms with Crippen LogP contribution in [-0.2, 0) is 0 Å². The third-order valence-corrected chi connectivity index (χ3v) is 3.64. The van der Waals surface area contributed by atoms with Crippen molar-refractivity contribution >= 4 is 5.69 Å². The lowest BCUT2D eigenvalue weighted by Crippen LogP contribution is -2.21. The van der Waals surface area contributed by atoms with Crippen LogP contribution in [0.1, 0.15) is 38.4 Å². The van der Waals surface area contributed by atoms with Crippen molar-refractivity contribution in [2.75, 3.05) is 18.0 Å². The number of nitrogens with zero attached hydrogens (tertiary/aromatic N) is 1. The van der Waals surface area contributed by atoms with E-state index in [2.05, 4.69) is 11.8 Å². The van der Waals surface area contributed by atoms with Crippen LogP contribution in [0.4, 0.5) is 10.1 Å². The Morgan fingerprint density at radius 3 is 2.88 bits per heavy atom. The van der Waals surface area contributed by atoms with Gasteiger partial charge in [0.25, 0.3) is 0 Å². The van der Waals surface area contributed by atoms with E-state index in [4.69, 9.17) is 0 Å². The number of hydrogen-bond acceptors (Lipinski definition) is 2. The SMILES string of the molecule is CCC1CCN(c2ccc(F)cc2[C@@H](C)O)C1. The summed E-state index contributed by atoms with van der Waals surface area (Å²) in [7, 11) is 0. The Morgan fingerprint density at radius 1 is 1.53 bits per heavy atom. The van der Waals surface area contributed by atoms with E-state index in [1.807, 2.05) is 0 Å². The lowest BCUT2D eigenvalue weighted by molar-refractivity contribution is 0.199. The zero-order valence-electron chi connectivity index (χ0n) is 10.5. The highest BCUT2D eigenvalue weighted by molar-refractivity contribution is 5.55. The first-order valence-corrected chi connectivity index (χ1v) is 6.34. The number of aliphatic hydroxyl groups excluding tert-OH is 1. The van der Waals surface area contributed by atoms with Gasteiger partial charge in [-0.25, -0.2) is 4.39 Å². The number of rotatable bonds is 3. The molecule has 1 unspecified atom stereocenters. The average Bonchev–Trinajstić information content (AvgIpc) is 2.77. The second kappa shape index (κ2) is 5.05. The zero-order chi connectivity index (χ0) is 12.4. The van der Waals surface area contributed by atoms with Gasteiger partial charge in [-0.15, -0.1) is 0 Å². The summed E-state index contributed by atoms with van der Waals surface area (Å²) >= 11 is 0. The molecule has 1 aliphatic rings. The highest BCUT2D eigenvalue weighted by atomic mass is 19.1. The topological polar surface area (TPSA) is 23.5 Å². The lowest BCUT2D eigenvalue weighted by atomic mass is 10.1. The molecule has 2 rings (SSSR count). The number of halogens is 1. The number of hydrogen-bond donors (Lipinski definition) is 1. The normalized spacial score (nSPS) is 21.9. The van der Waals surface area contributed by atoms with E-state index < -0.39 is 6.10 Å². The van der Waals surface area contributed by atoms with E-state index in [1.54, 1.807) is 13.0 Å². The molecule has 1 aromatic rings. The van der Waals surface area contributed by atoms with Gasteiger partial charge in [-0.3, -0.25) is 0 Å². The molecule has 3 heteroatoms. The summed E-state index contributed by atoms with van der Waals surface area (Å²) in [5.41, 5.74) is 1.68. The van der Waals surface area contributed by atoms with E-state index in [9.17, 15) is 9.50 Å². The molecular formula is C14H20FNO. The first kappa shape index (κ1) is 12.4. The monoisotopic (exact) mass is 237 g/mol. The van der Waals surface area contributed by atoms with Crippen LogP contribution < -0.4 is 4.90 Å². The largest absolute Gasteiger partial charge is 0.389 e. The Balaban J connectivity index is 2.26. The van der Waals surface area contributed by atoms with Gasteiger partial charge in [-0.1, -0.05) is 13.3 Å². The summed E-state index contributed by atoms with van der Waals surface area (Å²) < 4.78 is 13.2. The van der Waals surface area contributed by atoms with Crippen molar-refractivity contribution in [2.24, 2.45) is 5.92 Å². The first-order chi connectivity index (χ1) is 8.11. The van der Waals surface area contributed by atoms with Crippen LogP contribution in [0.5, 0.6) is 0 Å². The highest BCUT2D eigenvalue weighted by Gasteiger charge is 2.24. The van der Waals surface area contributed by atoms with Gasteiger partial charge in [0.1, 0.15) is 5.82 Å². The summed E-state index contributed by atoms with van der Waals surface area (Å²) in [6.07, 6.45) is 1.75. The Morgan fingerprint density at radius 2 is 2.29 bits per heavy atom. The van der Waals surface area contributed by atoms with E-state index in [0.717, 1.165) is 24.7 Å². The molecule has 2 atom stereocenters. The third kappa shape index (κ3) is 2.60. The molecule has 0 aliphatic carbocycles. The Hall–Kier alpha value is -1.09. The van der Waals surface area contributed by atoms with Crippen LogP contribution in [0, 0.1) is 11.7 Å². The molecule has 0 aromatic heterocycles.